The van der Waals surface area contributed by atoms with Gasteiger partial charge in [-0.05, 0) is 29.4 Å². The number of unbranched alkanes of at least 4 members (excludes halogenated alkanes) is 15. The Bertz CT molecular complexity index is 765. The Morgan fingerprint density at radius 1 is 0.692 bits per heavy atom. The summed E-state index contributed by atoms with van der Waals surface area (Å²) in [6.07, 6.45) is 21.7. The second-order valence-corrected chi connectivity index (χ2v) is 13.8. The molecule has 0 amide bonds. The minimum absolute atomic E-state index is 0.159. The van der Waals surface area contributed by atoms with Gasteiger partial charge in [0.15, 0.2) is 0 Å². The predicted octanol–water partition coefficient (Wildman–Crippen LogP) is 10.7. The largest absolute Gasteiger partial charge is 0.507 e. The summed E-state index contributed by atoms with van der Waals surface area (Å²) in [4.78, 5) is 11.9. The first-order valence-electron chi connectivity index (χ1n) is 16.1. The van der Waals surface area contributed by atoms with Gasteiger partial charge in [-0.1, -0.05) is 151 Å². The lowest BCUT2D eigenvalue weighted by Crippen LogP contribution is -2.22. The highest BCUT2D eigenvalue weighted by Crippen LogP contribution is 2.41. The molecule has 4 heteroatoms. The Hall–Kier alpha value is -1.71. The summed E-state index contributed by atoms with van der Waals surface area (Å²) in [7, 11) is 0. The van der Waals surface area contributed by atoms with Crippen molar-refractivity contribution in [2.24, 2.45) is 5.92 Å². The molecule has 0 spiro atoms. The summed E-state index contributed by atoms with van der Waals surface area (Å²) < 4.78 is 6.04. The molecule has 1 rings (SSSR count). The van der Waals surface area contributed by atoms with Crippen molar-refractivity contribution in [3.63, 3.8) is 0 Å². The molecular weight excluding hydrogens is 484 g/mol. The number of phenolic OH excluding ortho intramolecular Hbond substituents is 1. The molecule has 4 nitrogen and oxygen atoms in total. The lowest BCUT2D eigenvalue weighted by Gasteiger charge is -2.28. The van der Waals surface area contributed by atoms with Crippen molar-refractivity contribution >= 4 is 5.97 Å². The number of phenols is 1. The fraction of sp³-hybridized carbons (Fsp3) is 0.800. The maximum Gasteiger partial charge on any atom is 0.309 e. The first kappa shape index (κ1) is 35.3. The van der Waals surface area contributed by atoms with E-state index < -0.39 is 11.9 Å². The molecule has 1 unspecified atom stereocenters. The molecule has 0 fully saturated rings. The molecule has 1 aromatic rings. The molecular formula is C35H62O4. The lowest BCUT2D eigenvalue weighted by molar-refractivity contribution is -0.143. The summed E-state index contributed by atoms with van der Waals surface area (Å²) in [5.41, 5.74) is 1.16. The van der Waals surface area contributed by atoms with Gasteiger partial charge in [-0.2, -0.15) is 0 Å². The number of carbonyl (C=O) groups is 1. The lowest BCUT2D eigenvalue weighted by atomic mass is 9.79. The highest BCUT2D eigenvalue weighted by molar-refractivity contribution is 5.70. The second-order valence-electron chi connectivity index (χ2n) is 13.8. The van der Waals surface area contributed by atoms with Crippen LogP contribution in [0.25, 0.3) is 0 Å². The van der Waals surface area contributed by atoms with Crippen molar-refractivity contribution in [1.29, 1.82) is 0 Å². The van der Waals surface area contributed by atoms with E-state index in [2.05, 4.69) is 48.5 Å². The van der Waals surface area contributed by atoms with Crippen LogP contribution in [0, 0.1) is 5.92 Å². The Morgan fingerprint density at radius 3 is 1.38 bits per heavy atom. The number of hydrogen-bond acceptors (Lipinski definition) is 3. The van der Waals surface area contributed by atoms with Crippen LogP contribution in [0.3, 0.4) is 0 Å². The zero-order chi connectivity index (χ0) is 29.3. The molecule has 0 saturated heterocycles. The number of aromatic hydroxyl groups is 1. The van der Waals surface area contributed by atoms with E-state index in [0.717, 1.165) is 24.0 Å². The number of ether oxygens (including phenoxy) is 1. The zero-order valence-corrected chi connectivity index (χ0v) is 26.7. The van der Waals surface area contributed by atoms with Crippen molar-refractivity contribution < 1.29 is 19.7 Å². The van der Waals surface area contributed by atoms with Crippen LogP contribution in [0.4, 0.5) is 0 Å². The average Bonchev–Trinajstić information content (AvgIpc) is 2.84. The van der Waals surface area contributed by atoms with Gasteiger partial charge in [0.25, 0.3) is 0 Å². The van der Waals surface area contributed by atoms with Crippen LogP contribution in [0.2, 0.25) is 0 Å². The molecule has 0 saturated carbocycles. The summed E-state index contributed by atoms with van der Waals surface area (Å²) in [5.74, 6) is -0.352. The summed E-state index contributed by atoms with van der Waals surface area (Å²) >= 11 is 0. The highest BCUT2D eigenvalue weighted by atomic mass is 16.5. The molecule has 0 radical (unpaired) electrons. The van der Waals surface area contributed by atoms with E-state index in [0.29, 0.717) is 17.9 Å². The van der Waals surface area contributed by atoms with Gasteiger partial charge in [-0.3, -0.25) is 4.79 Å². The monoisotopic (exact) mass is 546 g/mol. The number of aliphatic carboxylic acids is 1. The Morgan fingerprint density at radius 2 is 1.05 bits per heavy atom. The van der Waals surface area contributed by atoms with Gasteiger partial charge in [0.05, 0.1) is 5.92 Å². The van der Waals surface area contributed by atoms with Crippen LogP contribution in [0.1, 0.15) is 169 Å². The Balaban J connectivity index is 2.31. The average molecular weight is 547 g/mol. The van der Waals surface area contributed by atoms with E-state index in [4.69, 9.17) is 4.74 Å². The normalized spacial score (nSPS) is 13.0. The number of carboxylic acid groups (broad SMARTS) is 1. The van der Waals surface area contributed by atoms with Gasteiger partial charge >= 0.3 is 5.97 Å². The van der Waals surface area contributed by atoms with Crippen molar-refractivity contribution in [3.8, 4) is 11.5 Å². The van der Waals surface area contributed by atoms with Gasteiger partial charge in [-0.25, -0.2) is 0 Å². The van der Waals surface area contributed by atoms with Crippen molar-refractivity contribution in [2.75, 3.05) is 6.61 Å². The maximum atomic E-state index is 11.9. The third kappa shape index (κ3) is 15.0. The maximum absolute atomic E-state index is 11.9. The van der Waals surface area contributed by atoms with Crippen LogP contribution in [-0.2, 0) is 15.6 Å². The van der Waals surface area contributed by atoms with Crippen LogP contribution in [0.5, 0.6) is 11.5 Å². The predicted molar refractivity (Wildman–Crippen MR) is 166 cm³/mol. The minimum Gasteiger partial charge on any atom is -0.507 e. The molecule has 0 bridgehead atoms. The van der Waals surface area contributed by atoms with Crippen LogP contribution < -0.4 is 4.74 Å². The molecule has 0 heterocycles. The van der Waals surface area contributed by atoms with Gasteiger partial charge in [0, 0.05) is 11.1 Å². The molecule has 0 aliphatic carbocycles. The molecule has 1 atom stereocenters. The SMILES string of the molecule is CCCCCCCCCCCCCCCCCCC(COc1cc(C(C)(C)C)c(O)c(C(C)(C)C)c1)C(=O)O. The molecule has 0 aromatic heterocycles. The number of hydrogen-bond donors (Lipinski definition) is 2. The van der Waals surface area contributed by atoms with E-state index in [-0.39, 0.29) is 17.4 Å². The topological polar surface area (TPSA) is 66.8 Å². The minimum atomic E-state index is -0.790. The van der Waals surface area contributed by atoms with Gasteiger partial charge in [-0.15, -0.1) is 0 Å². The fourth-order valence-electron chi connectivity index (χ4n) is 5.25. The standard InChI is InChI=1S/C35H62O4/c1-8-9-10-11-12-13-14-15-16-17-18-19-20-21-22-23-24-28(33(37)38)27-39-29-25-30(34(2,3)4)32(36)31(26-29)35(5,6)7/h25-26,28,36H,8-24,27H2,1-7H3,(H,37,38). The van der Waals surface area contributed by atoms with Gasteiger partial charge in [0.2, 0.25) is 0 Å². The number of benzene rings is 1. The van der Waals surface area contributed by atoms with Gasteiger partial charge < -0.3 is 14.9 Å². The van der Waals surface area contributed by atoms with E-state index in [1.807, 2.05) is 12.1 Å². The van der Waals surface area contributed by atoms with E-state index in [9.17, 15) is 15.0 Å². The number of carboxylic acids is 1. The van der Waals surface area contributed by atoms with E-state index in [1.165, 1.54) is 89.9 Å². The molecule has 0 aliphatic heterocycles. The Labute approximate surface area is 241 Å². The summed E-state index contributed by atoms with van der Waals surface area (Å²) in [6, 6.07) is 3.75. The fourth-order valence-corrected chi connectivity index (χ4v) is 5.25. The van der Waals surface area contributed by atoms with Gasteiger partial charge in [0.1, 0.15) is 18.1 Å². The molecule has 0 aliphatic rings. The van der Waals surface area contributed by atoms with E-state index >= 15 is 0 Å². The quantitative estimate of drug-likeness (QED) is 0.150. The van der Waals surface area contributed by atoms with Crippen molar-refractivity contribution in [2.45, 2.75) is 168 Å². The van der Waals surface area contributed by atoms with Crippen LogP contribution in [0.15, 0.2) is 12.1 Å². The zero-order valence-electron chi connectivity index (χ0n) is 26.7. The smallest absolute Gasteiger partial charge is 0.309 e. The van der Waals surface area contributed by atoms with Crippen molar-refractivity contribution in [3.05, 3.63) is 23.3 Å². The third-order valence-corrected chi connectivity index (χ3v) is 7.91. The van der Waals surface area contributed by atoms with Crippen LogP contribution in [-0.4, -0.2) is 22.8 Å². The summed E-state index contributed by atoms with van der Waals surface area (Å²) in [6.45, 7) is 14.8. The highest BCUT2D eigenvalue weighted by Gasteiger charge is 2.27. The molecule has 1 aromatic carbocycles. The number of rotatable bonds is 21. The van der Waals surface area contributed by atoms with Crippen LogP contribution >= 0.6 is 0 Å². The summed E-state index contributed by atoms with van der Waals surface area (Å²) in [5, 5.41) is 20.7. The first-order valence-corrected chi connectivity index (χ1v) is 16.1. The third-order valence-electron chi connectivity index (χ3n) is 7.91. The Kier molecular flexibility index (Phi) is 16.8. The second kappa shape index (κ2) is 18.6. The molecule has 226 valence electrons. The first-order chi connectivity index (χ1) is 18.4. The van der Waals surface area contributed by atoms with Crippen molar-refractivity contribution in [1.82, 2.24) is 0 Å². The molecule has 39 heavy (non-hydrogen) atoms. The molecule has 2 N–H and O–H groups in total. The van der Waals surface area contributed by atoms with E-state index in [1.54, 1.807) is 0 Å².